The summed E-state index contributed by atoms with van der Waals surface area (Å²) in [5.41, 5.74) is 0.583. The molecule has 0 aliphatic carbocycles. The molecule has 1 aromatic carbocycles. The molecule has 1 amide bonds. The standard InChI is InChI=1S/C13H16Cl2N2O3S.ClH/c1-21(19,20)17-6-4-9(5-7-17)13(18)16-10-2-3-11(14)12(15)8-10;/h2-3,8-9H,4-7H2,1H3,(H,16,18);1H. The molecule has 22 heavy (non-hydrogen) atoms. The molecule has 2 rings (SSSR count). The molecule has 1 aliphatic rings. The summed E-state index contributed by atoms with van der Waals surface area (Å²) >= 11 is 11.7. The molecule has 1 saturated heterocycles. The van der Waals surface area contributed by atoms with Crippen LogP contribution < -0.4 is 5.32 Å². The van der Waals surface area contributed by atoms with Crippen LogP contribution in [0.4, 0.5) is 5.69 Å². The highest BCUT2D eigenvalue weighted by atomic mass is 35.5. The Hall–Kier alpha value is -0.530. The molecule has 0 saturated carbocycles. The van der Waals surface area contributed by atoms with E-state index in [0.717, 1.165) is 0 Å². The van der Waals surface area contributed by atoms with Gasteiger partial charge in [0.25, 0.3) is 0 Å². The largest absolute Gasteiger partial charge is 0.326 e. The number of amides is 1. The van der Waals surface area contributed by atoms with Crippen LogP contribution in [0.3, 0.4) is 0 Å². The molecule has 1 N–H and O–H groups in total. The maximum Gasteiger partial charge on any atom is 0.227 e. The predicted octanol–water partition coefficient (Wildman–Crippen LogP) is 3.03. The molecule has 0 radical (unpaired) electrons. The van der Waals surface area contributed by atoms with Crippen molar-refractivity contribution >= 4 is 57.2 Å². The van der Waals surface area contributed by atoms with Gasteiger partial charge in [-0.1, -0.05) is 23.2 Å². The molecule has 0 atom stereocenters. The Kier molecular flexibility index (Phi) is 6.95. The zero-order chi connectivity index (χ0) is 15.6. The third-order valence-electron chi connectivity index (χ3n) is 3.48. The second-order valence-corrected chi connectivity index (χ2v) is 7.85. The summed E-state index contributed by atoms with van der Waals surface area (Å²) in [4.78, 5) is 12.2. The monoisotopic (exact) mass is 386 g/mol. The number of hydrogen-bond acceptors (Lipinski definition) is 3. The topological polar surface area (TPSA) is 66.5 Å². The van der Waals surface area contributed by atoms with E-state index in [1.165, 1.54) is 10.6 Å². The lowest BCUT2D eigenvalue weighted by molar-refractivity contribution is -0.120. The number of rotatable bonds is 3. The van der Waals surface area contributed by atoms with Crippen molar-refractivity contribution in [2.24, 2.45) is 5.92 Å². The fourth-order valence-electron chi connectivity index (χ4n) is 2.27. The number of carbonyl (C=O) groups excluding carboxylic acids is 1. The van der Waals surface area contributed by atoms with Crippen molar-refractivity contribution < 1.29 is 13.2 Å². The Balaban J connectivity index is 0.00000242. The molecule has 0 bridgehead atoms. The molecule has 1 aliphatic heterocycles. The lowest BCUT2D eigenvalue weighted by Crippen LogP contribution is -2.40. The van der Waals surface area contributed by atoms with E-state index in [2.05, 4.69) is 5.32 Å². The summed E-state index contributed by atoms with van der Waals surface area (Å²) in [5.74, 6) is -0.320. The minimum Gasteiger partial charge on any atom is -0.326 e. The quantitative estimate of drug-likeness (QED) is 0.867. The summed E-state index contributed by atoms with van der Waals surface area (Å²) in [6.07, 6.45) is 2.21. The molecule has 1 heterocycles. The molecule has 124 valence electrons. The van der Waals surface area contributed by atoms with Crippen LogP contribution in [0.25, 0.3) is 0 Å². The van der Waals surface area contributed by atoms with Gasteiger partial charge in [-0.15, -0.1) is 12.4 Å². The van der Waals surface area contributed by atoms with Gasteiger partial charge in [-0.25, -0.2) is 12.7 Å². The van der Waals surface area contributed by atoms with Crippen molar-refractivity contribution in [3.05, 3.63) is 28.2 Å². The van der Waals surface area contributed by atoms with Crippen molar-refractivity contribution in [1.29, 1.82) is 0 Å². The van der Waals surface area contributed by atoms with E-state index in [9.17, 15) is 13.2 Å². The van der Waals surface area contributed by atoms with Gasteiger partial charge in [-0.2, -0.15) is 0 Å². The maximum absolute atomic E-state index is 12.2. The highest BCUT2D eigenvalue weighted by Crippen LogP contribution is 2.26. The van der Waals surface area contributed by atoms with Gasteiger partial charge < -0.3 is 5.32 Å². The first kappa shape index (κ1) is 19.5. The SMILES string of the molecule is CS(=O)(=O)N1CCC(C(=O)Nc2ccc(Cl)c(Cl)c2)CC1.Cl. The van der Waals surface area contributed by atoms with Crippen LogP contribution in [0.1, 0.15) is 12.8 Å². The van der Waals surface area contributed by atoms with Crippen LogP contribution in [-0.2, 0) is 14.8 Å². The number of sulfonamides is 1. The van der Waals surface area contributed by atoms with Crippen molar-refractivity contribution in [1.82, 2.24) is 4.31 Å². The van der Waals surface area contributed by atoms with Gasteiger partial charge >= 0.3 is 0 Å². The van der Waals surface area contributed by atoms with Gasteiger partial charge in [0.15, 0.2) is 0 Å². The number of nitrogens with zero attached hydrogens (tertiary/aromatic N) is 1. The number of nitrogens with one attached hydrogen (secondary N) is 1. The van der Waals surface area contributed by atoms with Crippen LogP contribution in [0.5, 0.6) is 0 Å². The van der Waals surface area contributed by atoms with Crippen LogP contribution in [-0.4, -0.2) is 38.0 Å². The number of anilines is 1. The zero-order valence-corrected chi connectivity index (χ0v) is 15.0. The van der Waals surface area contributed by atoms with Crippen LogP contribution in [0.15, 0.2) is 18.2 Å². The number of hydrogen-bond donors (Lipinski definition) is 1. The van der Waals surface area contributed by atoms with Crippen LogP contribution in [0, 0.1) is 5.92 Å². The molecule has 1 fully saturated rings. The highest BCUT2D eigenvalue weighted by molar-refractivity contribution is 7.88. The van der Waals surface area contributed by atoms with Gasteiger partial charge in [0.05, 0.1) is 16.3 Å². The summed E-state index contributed by atoms with van der Waals surface area (Å²) in [7, 11) is -3.17. The number of piperidine rings is 1. The lowest BCUT2D eigenvalue weighted by atomic mass is 9.97. The van der Waals surface area contributed by atoms with E-state index >= 15 is 0 Å². The van der Waals surface area contributed by atoms with Crippen molar-refractivity contribution in [2.75, 3.05) is 24.7 Å². The first-order valence-corrected chi connectivity index (χ1v) is 9.09. The fourth-order valence-corrected chi connectivity index (χ4v) is 3.44. The van der Waals surface area contributed by atoms with Gasteiger partial charge in [0, 0.05) is 24.7 Å². The third kappa shape index (κ3) is 4.99. The summed E-state index contributed by atoms with van der Waals surface area (Å²) in [6.45, 7) is 0.747. The van der Waals surface area contributed by atoms with Gasteiger partial charge in [0.1, 0.15) is 0 Å². The second kappa shape index (κ2) is 7.84. The number of benzene rings is 1. The Labute approximate surface area is 146 Å². The molecular formula is C13H17Cl3N2O3S. The van der Waals surface area contributed by atoms with E-state index in [1.807, 2.05) is 0 Å². The first-order chi connectivity index (χ1) is 9.77. The van der Waals surface area contributed by atoms with E-state index in [4.69, 9.17) is 23.2 Å². The van der Waals surface area contributed by atoms with Gasteiger partial charge in [-0.05, 0) is 31.0 Å². The minimum absolute atomic E-state index is 0. The molecule has 0 unspecified atom stereocenters. The molecule has 1 aromatic rings. The average Bonchev–Trinajstić information content (AvgIpc) is 2.42. The van der Waals surface area contributed by atoms with E-state index in [1.54, 1.807) is 18.2 Å². The van der Waals surface area contributed by atoms with E-state index in [0.29, 0.717) is 41.7 Å². The molecular weight excluding hydrogens is 371 g/mol. The number of carbonyl (C=O) groups is 1. The van der Waals surface area contributed by atoms with Gasteiger partial charge in [-0.3, -0.25) is 4.79 Å². The summed E-state index contributed by atoms with van der Waals surface area (Å²) < 4.78 is 24.2. The van der Waals surface area contributed by atoms with Crippen LogP contribution >= 0.6 is 35.6 Å². The maximum atomic E-state index is 12.2. The summed E-state index contributed by atoms with van der Waals surface area (Å²) in [6, 6.07) is 4.89. The molecule has 0 spiro atoms. The van der Waals surface area contributed by atoms with Crippen molar-refractivity contribution in [2.45, 2.75) is 12.8 Å². The predicted molar refractivity (Wildman–Crippen MR) is 91.5 cm³/mol. The zero-order valence-electron chi connectivity index (χ0n) is 11.9. The Morgan fingerprint density at radius 3 is 2.32 bits per heavy atom. The lowest BCUT2D eigenvalue weighted by Gasteiger charge is -2.29. The Bertz CT molecular complexity index is 644. The second-order valence-electron chi connectivity index (χ2n) is 5.05. The number of halogens is 3. The first-order valence-electron chi connectivity index (χ1n) is 6.48. The average molecular weight is 388 g/mol. The van der Waals surface area contributed by atoms with E-state index < -0.39 is 10.0 Å². The normalized spacial score (nSPS) is 16.9. The molecule has 5 nitrogen and oxygen atoms in total. The third-order valence-corrected chi connectivity index (χ3v) is 5.52. The fraction of sp³-hybridized carbons (Fsp3) is 0.462. The van der Waals surface area contributed by atoms with Crippen LogP contribution in [0.2, 0.25) is 10.0 Å². The van der Waals surface area contributed by atoms with E-state index in [-0.39, 0.29) is 24.2 Å². The molecule has 9 heteroatoms. The summed E-state index contributed by atoms with van der Waals surface area (Å²) in [5, 5.41) is 3.59. The Morgan fingerprint density at radius 1 is 1.23 bits per heavy atom. The van der Waals surface area contributed by atoms with Crippen molar-refractivity contribution in [3.63, 3.8) is 0 Å². The highest BCUT2D eigenvalue weighted by Gasteiger charge is 2.28. The van der Waals surface area contributed by atoms with Crippen molar-refractivity contribution in [3.8, 4) is 0 Å². The smallest absolute Gasteiger partial charge is 0.227 e. The Morgan fingerprint density at radius 2 is 1.82 bits per heavy atom. The van der Waals surface area contributed by atoms with Gasteiger partial charge in [0.2, 0.25) is 15.9 Å². The minimum atomic E-state index is -3.17. The molecule has 0 aromatic heterocycles.